The Morgan fingerprint density at radius 1 is 1.03 bits per heavy atom. The molecule has 3 aromatic carbocycles. The van der Waals surface area contributed by atoms with Gasteiger partial charge in [0.15, 0.2) is 0 Å². The molecule has 36 heavy (non-hydrogen) atoms. The van der Waals surface area contributed by atoms with Crippen LogP contribution in [0.25, 0.3) is 32.8 Å². The highest BCUT2D eigenvalue weighted by Crippen LogP contribution is 2.34. The standard InChI is InChI=1S/C29H28N4O3/c1-17(2)33-26-12-11-19(21-8-6-9-22-23(21)13-18(3)31-29(22)30)14-24(26)25(32-33)16-36-27-10-5-4-7-20(27)15-28(34)35/h4-14,17H,15-16H2,1-3H3,(H2,30,31)(H,34,35). The first kappa shape index (κ1) is 23.4. The number of hydrogen-bond acceptors (Lipinski definition) is 5. The van der Waals surface area contributed by atoms with Gasteiger partial charge in [0.2, 0.25) is 0 Å². The van der Waals surface area contributed by atoms with Crippen LogP contribution in [-0.4, -0.2) is 25.8 Å². The highest BCUT2D eigenvalue weighted by molar-refractivity contribution is 6.03. The summed E-state index contributed by atoms with van der Waals surface area (Å²) in [5.74, 6) is 0.178. The molecule has 0 unspecified atom stereocenters. The molecular formula is C29H28N4O3. The van der Waals surface area contributed by atoms with Gasteiger partial charge in [-0.15, -0.1) is 0 Å². The summed E-state index contributed by atoms with van der Waals surface area (Å²) in [5.41, 5.74) is 11.7. The lowest BCUT2D eigenvalue weighted by Gasteiger charge is -2.11. The van der Waals surface area contributed by atoms with Crippen LogP contribution < -0.4 is 10.5 Å². The molecule has 0 aliphatic heterocycles. The van der Waals surface area contributed by atoms with Gasteiger partial charge in [-0.05, 0) is 61.5 Å². The summed E-state index contributed by atoms with van der Waals surface area (Å²) in [4.78, 5) is 15.7. The Labute approximate surface area is 209 Å². The van der Waals surface area contributed by atoms with Crippen LogP contribution >= 0.6 is 0 Å². The zero-order valence-corrected chi connectivity index (χ0v) is 20.5. The largest absolute Gasteiger partial charge is 0.487 e. The third kappa shape index (κ3) is 4.35. The van der Waals surface area contributed by atoms with Gasteiger partial charge in [-0.25, -0.2) is 4.98 Å². The third-order valence-corrected chi connectivity index (χ3v) is 6.29. The molecule has 7 heteroatoms. The average Bonchev–Trinajstić information content (AvgIpc) is 3.21. The second-order valence-corrected chi connectivity index (χ2v) is 9.23. The quantitative estimate of drug-likeness (QED) is 0.299. The number of aryl methyl sites for hydroxylation is 1. The number of ether oxygens (including phenoxy) is 1. The Morgan fingerprint density at radius 2 is 1.83 bits per heavy atom. The third-order valence-electron chi connectivity index (χ3n) is 6.29. The molecule has 0 aliphatic rings. The van der Waals surface area contributed by atoms with Gasteiger partial charge in [-0.3, -0.25) is 9.48 Å². The maximum absolute atomic E-state index is 11.3. The topological polar surface area (TPSA) is 103 Å². The number of carboxylic acid groups (broad SMARTS) is 1. The van der Waals surface area contributed by atoms with Crippen molar-refractivity contribution in [1.29, 1.82) is 0 Å². The van der Waals surface area contributed by atoms with Crippen molar-refractivity contribution in [3.8, 4) is 16.9 Å². The Bertz CT molecular complexity index is 1600. The van der Waals surface area contributed by atoms with Crippen molar-refractivity contribution >= 4 is 33.5 Å². The molecule has 0 aliphatic carbocycles. The normalized spacial score (nSPS) is 11.4. The second kappa shape index (κ2) is 9.34. The number of nitrogens with two attached hydrogens (primary N) is 1. The predicted octanol–water partition coefficient (Wildman–Crippen LogP) is 5.93. The van der Waals surface area contributed by atoms with Crippen LogP contribution in [0.1, 0.15) is 36.8 Å². The van der Waals surface area contributed by atoms with E-state index in [0.717, 1.165) is 44.2 Å². The molecule has 2 heterocycles. The molecule has 7 nitrogen and oxygen atoms in total. The summed E-state index contributed by atoms with van der Waals surface area (Å²) in [5, 5.41) is 17.1. The highest BCUT2D eigenvalue weighted by atomic mass is 16.5. The van der Waals surface area contributed by atoms with Crippen molar-refractivity contribution in [2.45, 2.75) is 39.8 Å². The summed E-state index contributed by atoms with van der Waals surface area (Å²) in [6.07, 6.45) is -0.0972. The fraction of sp³-hybridized carbons (Fsp3) is 0.207. The zero-order chi connectivity index (χ0) is 25.4. The van der Waals surface area contributed by atoms with Crippen LogP contribution in [0.5, 0.6) is 5.75 Å². The maximum atomic E-state index is 11.3. The maximum Gasteiger partial charge on any atom is 0.307 e. The number of nitrogens with zero attached hydrogens (tertiary/aromatic N) is 3. The van der Waals surface area contributed by atoms with Gasteiger partial charge in [0.1, 0.15) is 23.9 Å². The molecule has 0 amide bonds. The van der Waals surface area contributed by atoms with Gasteiger partial charge < -0.3 is 15.6 Å². The number of aliphatic carboxylic acids is 1. The van der Waals surface area contributed by atoms with E-state index in [0.29, 0.717) is 17.1 Å². The summed E-state index contributed by atoms with van der Waals surface area (Å²) in [6, 6.07) is 21.9. The Balaban J connectivity index is 1.59. The van der Waals surface area contributed by atoms with Gasteiger partial charge in [0, 0.05) is 28.1 Å². The summed E-state index contributed by atoms with van der Waals surface area (Å²) < 4.78 is 8.10. The zero-order valence-electron chi connectivity index (χ0n) is 20.5. The lowest BCUT2D eigenvalue weighted by Crippen LogP contribution is -2.06. The number of carbonyl (C=O) groups is 1. The van der Waals surface area contributed by atoms with E-state index >= 15 is 0 Å². The van der Waals surface area contributed by atoms with Crippen LogP contribution in [0.15, 0.2) is 66.7 Å². The molecule has 5 aromatic rings. The van der Waals surface area contributed by atoms with Crippen molar-refractivity contribution in [3.63, 3.8) is 0 Å². The van der Waals surface area contributed by atoms with Crippen LogP contribution in [0, 0.1) is 6.92 Å². The van der Waals surface area contributed by atoms with E-state index in [1.54, 1.807) is 12.1 Å². The van der Waals surface area contributed by atoms with E-state index in [1.807, 2.05) is 35.9 Å². The van der Waals surface area contributed by atoms with Crippen molar-refractivity contribution in [2.24, 2.45) is 0 Å². The Hall–Kier alpha value is -4.39. The van der Waals surface area contributed by atoms with Crippen molar-refractivity contribution in [2.75, 3.05) is 5.73 Å². The minimum Gasteiger partial charge on any atom is -0.487 e. The lowest BCUT2D eigenvalue weighted by molar-refractivity contribution is -0.136. The minimum absolute atomic E-state index is 0.0972. The van der Waals surface area contributed by atoms with Crippen molar-refractivity contribution in [3.05, 3.63) is 83.7 Å². The number of benzene rings is 3. The van der Waals surface area contributed by atoms with Gasteiger partial charge in [-0.1, -0.05) is 42.5 Å². The van der Waals surface area contributed by atoms with E-state index < -0.39 is 5.97 Å². The lowest BCUT2D eigenvalue weighted by atomic mass is 9.97. The van der Waals surface area contributed by atoms with Gasteiger partial charge in [-0.2, -0.15) is 5.10 Å². The first-order chi connectivity index (χ1) is 17.3. The van der Waals surface area contributed by atoms with Crippen molar-refractivity contribution < 1.29 is 14.6 Å². The van der Waals surface area contributed by atoms with Gasteiger partial charge >= 0.3 is 5.97 Å². The van der Waals surface area contributed by atoms with Crippen LogP contribution in [0.2, 0.25) is 0 Å². The SMILES string of the molecule is Cc1cc2c(-c3ccc4c(c3)c(COc3ccccc3CC(=O)O)nn4C(C)C)cccc2c(N)n1. The number of para-hydroxylation sites is 1. The number of nitrogen functional groups attached to an aromatic ring is 1. The van der Waals surface area contributed by atoms with Crippen LogP contribution in [-0.2, 0) is 17.8 Å². The summed E-state index contributed by atoms with van der Waals surface area (Å²) in [7, 11) is 0. The Morgan fingerprint density at radius 3 is 2.61 bits per heavy atom. The highest BCUT2D eigenvalue weighted by Gasteiger charge is 2.17. The molecule has 0 spiro atoms. The number of anilines is 1. The smallest absolute Gasteiger partial charge is 0.307 e. The first-order valence-corrected chi connectivity index (χ1v) is 11.9. The van der Waals surface area contributed by atoms with E-state index in [2.05, 4.69) is 49.2 Å². The molecule has 2 aromatic heterocycles. The molecule has 182 valence electrons. The van der Waals surface area contributed by atoms with Crippen molar-refractivity contribution in [1.82, 2.24) is 14.8 Å². The van der Waals surface area contributed by atoms with E-state index in [4.69, 9.17) is 15.6 Å². The fourth-order valence-electron chi connectivity index (χ4n) is 4.66. The number of carboxylic acids is 1. The molecule has 0 atom stereocenters. The molecule has 3 N–H and O–H groups in total. The first-order valence-electron chi connectivity index (χ1n) is 11.9. The predicted molar refractivity (Wildman–Crippen MR) is 142 cm³/mol. The molecule has 0 radical (unpaired) electrons. The summed E-state index contributed by atoms with van der Waals surface area (Å²) in [6.45, 7) is 6.36. The number of rotatable bonds is 7. The van der Waals surface area contributed by atoms with Gasteiger partial charge in [0.25, 0.3) is 0 Å². The van der Waals surface area contributed by atoms with E-state index in [9.17, 15) is 9.90 Å². The number of pyridine rings is 1. The summed E-state index contributed by atoms with van der Waals surface area (Å²) >= 11 is 0. The molecule has 0 fully saturated rings. The minimum atomic E-state index is -0.897. The number of aromatic nitrogens is 3. The van der Waals surface area contributed by atoms with Crippen LogP contribution in [0.3, 0.4) is 0 Å². The molecular weight excluding hydrogens is 452 g/mol. The molecule has 0 saturated heterocycles. The second-order valence-electron chi connectivity index (χ2n) is 9.23. The molecule has 0 bridgehead atoms. The number of fused-ring (bicyclic) bond motifs is 2. The van der Waals surface area contributed by atoms with Crippen LogP contribution in [0.4, 0.5) is 5.82 Å². The fourth-order valence-corrected chi connectivity index (χ4v) is 4.66. The molecule has 5 rings (SSSR count). The van der Waals surface area contributed by atoms with E-state index in [1.165, 1.54) is 0 Å². The molecule has 0 saturated carbocycles. The average molecular weight is 481 g/mol. The van der Waals surface area contributed by atoms with E-state index in [-0.39, 0.29) is 19.1 Å². The monoisotopic (exact) mass is 480 g/mol. The Kier molecular flexibility index (Phi) is 6.06. The number of hydrogen-bond donors (Lipinski definition) is 2. The van der Waals surface area contributed by atoms with Gasteiger partial charge in [0.05, 0.1) is 11.9 Å².